The molecule has 3 heterocycles. The molecule has 0 spiro atoms. The van der Waals surface area contributed by atoms with Gasteiger partial charge in [0.05, 0.1) is 5.39 Å². The molecule has 0 radical (unpaired) electrons. The Morgan fingerprint density at radius 2 is 2.10 bits per heavy atom. The van der Waals surface area contributed by atoms with E-state index in [9.17, 15) is 0 Å². The van der Waals surface area contributed by atoms with Gasteiger partial charge in [-0.2, -0.15) is 0 Å². The lowest BCUT2D eigenvalue weighted by molar-refractivity contribution is 0.232. The van der Waals surface area contributed by atoms with E-state index in [2.05, 4.69) is 47.0 Å². The van der Waals surface area contributed by atoms with Gasteiger partial charge >= 0.3 is 0 Å². The summed E-state index contributed by atoms with van der Waals surface area (Å²) in [5, 5.41) is 3.35. The second kappa shape index (κ2) is 6.28. The van der Waals surface area contributed by atoms with Crippen molar-refractivity contribution in [1.29, 1.82) is 0 Å². The second-order valence-electron chi connectivity index (χ2n) is 5.57. The van der Waals surface area contributed by atoms with Crippen LogP contribution in [0.3, 0.4) is 0 Å². The Labute approximate surface area is 130 Å². The molecule has 1 atom stereocenters. The maximum atomic E-state index is 4.82. The first-order valence-electron chi connectivity index (χ1n) is 7.99. The van der Waals surface area contributed by atoms with Crippen molar-refractivity contribution in [2.24, 2.45) is 0 Å². The highest BCUT2D eigenvalue weighted by Gasteiger charge is 2.28. The Kier molecular flexibility index (Phi) is 4.40. The third-order valence-corrected chi connectivity index (χ3v) is 5.27. The molecule has 1 aliphatic rings. The van der Waals surface area contributed by atoms with Crippen LogP contribution >= 0.6 is 11.3 Å². The Bertz CT molecular complexity index is 605. The van der Waals surface area contributed by atoms with Gasteiger partial charge in [-0.1, -0.05) is 20.8 Å². The number of nitrogens with zero attached hydrogens (tertiary/aromatic N) is 4. The zero-order chi connectivity index (χ0) is 14.8. The van der Waals surface area contributed by atoms with E-state index in [1.54, 1.807) is 11.3 Å². The summed E-state index contributed by atoms with van der Waals surface area (Å²) >= 11 is 1.72. The van der Waals surface area contributed by atoms with E-state index in [-0.39, 0.29) is 0 Å². The highest BCUT2D eigenvalue weighted by Crippen LogP contribution is 2.31. The molecule has 21 heavy (non-hydrogen) atoms. The van der Waals surface area contributed by atoms with E-state index in [1.165, 1.54) is 11.8 Å². The molecule has 0 saturated carbocycles. The van der Waals surface area contributed by atoms with Crippen LogP contribution in [0.5, 0.6) is 0 Å². The van der Waals surface area contributed by atoms with Crippen molar-refractivity contribution in [1.82, 2.24) is 14.9 Å². The molecule has 0 N–H and O–H groups in total. The van der Waals surface area contributed by atoms with Crippen LogP contribution in [0.1, 0.15) is 33.0 Å². The van der Waals surface area contributed by atoms with Gasteiger partial charge in [0.2, 0.25) is 0 Å². The number of hydrogen-bond acceptors (Lipinski definition) is 5. The van der Waals surface area contributed by atoms with E-state index >= 15 is 0 Å². The zero-order valence-corrected chi connectivity index (χ0v) is 14.0. The third-order valence-electron chi connectivity index (χ3n) is 4.46. The van der Waals surface area contributed by atoms with Crippen LogP contribution in [0.25, 0.3) is 10.2 Å². The lowest BCUT2D eigenvalue weighted by Crippen LogP contribution is -2.37. The van der Waals surface area contributed by atoms with Crippen LogP contribution in [0, 0.1) is 0 Å². The molecule has 0 amide bonds. The molecule has 0 aliphatic carbocycles. The van der Waals surface area contributed by atoms with Gasteiger partial charge in [-0.25, -0.2) is 9.97 Å². The van der Waals surface area contributed by atoms with E-state index in [1.807, 2.05) is 0 Å². The number of aromatic nitrogens is 2. The van der Waals surface area contributed by atoms with Crippen molar-refractivity contribution in [2.45, 2.75) is 39.7 Å². The minimum atomic E-state index is 0.661. The molecular formula is C16H24N4S. The molecule has 1 aliphatic heterocycles. The summed E-state index contributed by atoms with van der Waals surface area (Å²) in [6.07, 6.45) is 2.13. The first-order chi connectivity index (χ1) is 10.3. The van der Waals surface area contributed by atoms with Crippen molar-refractivity contribution in [3.8, 4) is 0 Å². The molecule has 4 nitrogen and oxygen atoms in total. The standard InChI is InChI=1S/C16H24N4S/c1-4-14-17-15(13-8-10-21-16(13)18-14)20-9-7-12(11-20)19(5-2)6-3/h8,10,12H,4-7,9,11H2,1-3H3. The minimum absolute atomic E-state index is 0.661. The number of thiophene rings is 1. The van der Waals surface area contributed by atoms with Crippen LogP contribution < -0.4 is 4.90 Å². The smallest absolute Gasteiger partial charge is 0.141 e. The number of anilines is 1. The third kappa shape index (κ3) is 2.77. The number of aryl methyl sites for hydroxylation is 1. The van der Waals surface area contributed by atoms with Crippen LogP contribution in [-0.2, 0) is 6.42 Å². The number of likely N-dealkylation sites (N-methyl/N-ethyl adjacent to an activating group) is 1. The molecule has 114 valence electrons. The highest BCUT2D eigenvalue weighted by molar-refractivity contribution is 7.16. The van der Waals surface area contributed by atoms with E-state index in [0.717, 1.165) is 49.1 Å². The normalized spacial score (nSPS) is 19.0. The molecular weight excluding hydrogens is 280 g/mol. The molecule has 0 bridgehead atoms. The first-order valence-corrected chi connectivity index (χ1v) is 8.87. The molecule has 2 aromatic rings. The average molecular weight is 304 g/mol. The van der Waals surface area contributed by atoms with Gasteiger partial charge in [-0.15, -0.1) is 11.3 Å². The quantitative estimate of drug-likeness (QED) is 0.849. The number of rotatable bonds is 5. The minimum Gasteiger partial charge on any atom is -0.354 e. The molecule has 5 heteroatoms. The molecule has 2 aromatic heterocycles. The van der Waals surface area contributed by atoms with Crippen molar-refractivity contribution >= 4 is 27.4 Å². The Morgan fingerprint density at radius 1 is 1.29 bits per heavy atom. The zero-order valence-electron chi connectivity index (χ0n) is 13.2. The van der Waals surface area contributed by atoms with Gasteiger partial charge in [0.25, 0.3) is 0 Å². The van der Waals surface area contributed by atoms with Crippen LogP contribution in [0.4, 0.5) is 5.82 Å². The summed E-state index contributed by atoms with van der Waals surface area (Å²) < 4.78 is 0. The predicted octanol–water partition coefficient (Wildman–Crippen LogP) is 3.17. The van der Waals surface area contributed by atoms with Gasteiger partial charge < -0.3 is 4.90 Å². The van der Waals surface area contributed by atoms with E-state index in [0.29, 0.717) is 6.04 Å². The molecule has 0 aromatic carbocycles. The topological polar surface area (TPSA) is 32.3 Å². The molecule has 1 saturated heterocycles. The molecule has 1 fully saturated rings. The largest absolute Gasteiger partial charge is 0.354 e. The van der Waals surface area contributed by atoms with Crippen LogP contribution in [-0.4, -0.2) is 47.1 Å². The molecule has 3 rings (SSSR count). The SMILES string of the molecule is CCc1nc(N2CCC(N(CC)CC)C2)c2ccsc2n1. The van der Waals surface area contributed by atoms with Crippen LogP contribution in [0.2, 0.25) is 0 Å². The van der Waals surface area contributed by atoms with Gasteiger partial charge in [-0.3, -0.25) is 4.90 Å². The monoisotopic (exact) mass is 304 g/mol. The first kappa shape index (κ1) is 14.7. The summed E-state index contributed by atoms with van der Waals surface area (Å²) in [6.45, 7) is 11.1. The highest BCUT2D eigenvalue weighted by atomic mass is 32.1. The average Bonchev–Trinajstić information content (AvgIpc) is 3.16. The van der Waals surface area contributed by atoms with Crippen molar-refractivity contribution in [3.05, 3.63) is 17.3 Å². The number of hydrogen-bond donors (Lipinski definition) is 0. The van der Waals surface area contributed by atoms with Crippen molar-refractivity contribution < 1.29 is 0 Å². The predicted molar refractivity (Wildman–Crippen MR) is 90.3 cm³/mol. The second-order valence-corrected chi connectivity index (χ2v) is 6.46. The number of fused-ring (bicyclic) bond motifs is 1. The summed E-state index contributed by atoms with van der Waals surface area (Å²) in [7, 11) is 0. The van der Waals surface area contributed by atoms with Gasteiger partial charge in [0.15, 0.2) is 0 Å². The Morgan fingerprint density at radius 3 is 2.81 bits per heavy atom. The van der Waals surface area contributed by atoms with Gasteiger partial charge in [-0.05, 0) is 31.0 Å². The maximum Gasteiger partial charge on any atom is 0.141 e. The maximum absolute atomic E-state index is 4.82. The van der Waals surface area contributed by atoms with Gasteiger partial charge in [0.1, 0.15) is 16.5 Å². The summed E-state index contributed by atoms with van der Waals surface area (Å²) in [4.78, 5) is 15.6. The molecule has 1 unspecified atom stereocenters. The lowest BCUT2D eigenvalue weighted by Gasteiger charge is -2.26. The summed E-state index contributed by atoms with van der Waals surface area (Å²) in [6, 6.07) is 2.83. The fraction of sp³-hybridized carbons (Fsp3) is 0.625. The fourth-order valence-electron chi connectivity index (χ4n) is 3.25. The van der Waals surface area contributed by atoms with Gasteiger partial charge in [0, 0.05) is 25.6 Å². The van der Waals surface area contributed by atoms with Crippen molar-refractivity contribution in [2.75, 3.05) is 31.1 Å². The summed E-state index contributed by atoms with van der Waals surface area (Å²) in [5.74, 6) is 2.11. The van der Waals surface area contributed by atoms with Crippen LogP contribution in [0.15, 0.2) is 11.4 Å². The van der Waals surface area contributed by atoms with Crippen molar-refractivity contribution in [3.63, 3.8) is 0 Å². The van der Waals surface area contributed by atoms with E-state index in [4.69, 9.17) is 4.98 Å². The summed E-state index contributed by atoms with van der Waals surface area (Å²) in [5.41, 5.74) is 0. The Hall–Kier alpha value is -1.20. The Balaban J connectivity index is 1.89. The lowest BCUT2D eigenvalue weighted by atomic mass is 10.2. The fourth-order valence-corrected chi connectivity index (χ4v) is 4.03. The van der Waals surface area contributed by atoms with E-state index < -0.39 is 0 Å².